The highest BCUT2D eigenvalue weighted by Gasteiger charge is 2.09. The number of nitrogens with two attached hydrogens (primary N) is 1. The fourth-order valence-electron chi connectivity index (χ4n) is 1.17. The van der Waals surface area contributed by atoms with Crippen LogP contribution < -0.4 is 5.73 Å². The van der Waals surface area contributed by atoms with Crippen LogP contribution in [0.15, 0.2) is 12.8 Å². The Bertz CT molecular complexity index is 329. The van der Waals surface area contributed by atoms with Gasteiger partial charge in [0, 0.05) is 6.20 Å². The van der Waals surface area contributed by atoms with E-state index < -0.39 is 0 Å². The molecular weight excluding hydrogens is 162 g/mol. The van der Waals surface area contributed by atoms with Crippen LogP contribution in [-0.2, 0) is 0 Å². The molecule has 0 bridgehead atoms. The van der Waals surface area contributed by atoms with Gasteiger partial charge in [0.15, 0.2) is 0 Å². The number of aromatic nitrogens is 2. The van der Waals surface area contributed by atoms with Gasteiger partial charge in [-0.05, 0) is 24.0 Å². The molecule has 1 rings (SSSR count). The molecule has 0 radical (unpaired) electrons. The van der Waals surface area contributed by atoms with Crippen molar-refractivity contribution in [2.75, 3.05) is 5.73 Å². The van der Waals surface area contributed by atoms with Crippen molar-refractivity contribution in [1.82, 2.24) is 9.97 Å². The van der Waals surface area contributed by atoms with Crippen LogP contribution in [-0.4, -0.2) is 9.97 Å². The van der Waals surface area contributed by atoms with Gasteiger partial charge in [0.05, 0.1) is 5.69 Å². The van der Waals surface area contributed by atoms with E-state index in [1.807, 2.05) is 6.92 Å². The Kier molecular flexibility index (Phi) is 2.66. The maximum atomic E-state index is 5.50. The predicted molar refractivity (Wildman–Crippen MR) is 55.2 cm³/mol. The number of allylic oxidation sites excluding steroid dienone is 1. The lowest BCUT2D eigenvalue weighted by Crippen LogP contribution is -2.03. The lowest BCUT2D eigenvalue weighted by atomic mass is 10.0. The molecule has 0 spiro atoms. The summed E-state index contributed by atoms with van der Waals surface area (Å²) in [6.07, 6.45) is 1.77. The van der Waals surface area contributed by atoms with Crippen LogP contribution in [0.3, 0.4) is 0 Å². The van der Waals surface area contributed by atoms with Gasteiger partial charge in [-0.3, -0.25) is 0 Å². The Morgan fingerprint density at radius 1 is 1.54 bits per heavy atom. The third-order valence-corrected chi connectivity index (χ3v) is 1.86. The maximum absolute atomic E-state index is 5.50. The lowest BCUT2D eigenvalue weighted by Gasteiger charge is -2.10. The van der Waals surface area contributed by atoms with Crippen molar-refractivity contribution >= 4 is 11.5 Å². The minimum atomic E-state index is 0.308. The van der Waals surface area contributed by atoms with Gasteiger partial charge in [0.2, 0.25) is 5.95 Å². The molecule has 0 aliphatic carbocycles. The molecule has 0 atom stereocenters. The SMILES string of the molecule is C=C(C)c1nc(N)ncc1C(C)C. The Balaban J connectivity index is 3.27. The summed E-state index contributed by atoms with van der Waals surface area (Å²) in [6.45, 7) is 9.99. The number of nitrogens with zero attached hydrogens (tertiary/aromatic N) is 2. The van der Waals surface area contributed by atoms with Crippen LogP contribution in [0.4, 0.5) is 5.95 Å². The predicted octanol–water partition coefficient (Wildman–Crippen LogP) is 2.22. The van der Waals surface area contributed by atoms with Gasteiger partial charge >= 0.3 is 0 Å². The Hall–Kier alpha value is -1.38. The van der Waals surface area contributed by atoms with Crippen molar-refractivity contribution in [2.45, 2.75) is 26.7 Å². The third-order valence-electron chi connectivity index (χ3n) is 1.86. The molecule has 1 aromatic heterocycles. The first-order valence-corrected chi connectivity index (χ1v) is 4.30. The Morgan fingerprint density at radius 3 is 2.62 bits per heavy atom. The van der Waals surface area contributed by atoms with E-state index in [-0.39, 0.29) is 0 Å². The first kappa shape index (κ1) is 9.71. The van der Waals surface area contributed by atoms with E-state index in [9.17, 15) is 0 Å². The van der Waals surface area contributed by atoms with E-state index in [4.69, 9.17) is 5.73 Å². The van der Waals surface area contributed by atoms with Crippen LogP contribution in [0.25, 0.3) is 5.57 Å². The van der Waals surface area contributed by atoms with Crippen LogP contribution >= 0.6 is 0 Å². The fourth-order valence-corrected chi connectivity index (χ4v) is 1.17. The van der Waals surface area contributed by atoms with E-state index in [2.05, 4.69) is 30.4 Å². The van der Waals surface area contributed by atoms with Gasteiger partial charge in [0.1, 0.15) is 0 Å². The lowest BCUT2D eigenvalue weighted by molar-refractivity contribution is 0.841. The van der Waals surface area contributed by atoms with Crippen molar-refractivity contribution in [3.63, 3.8) is 0 Å². The summed E-state index contributed by atoms with van der Waals surface area (Å²) in [5.41, 5.74) is 8.41. The quantitative estimate of drug-likeness (QED) is 0.753. The van der Waals surface area contributed by atoms with E-state index in [0.717, 1.165) is 16.8 Å². The summed E-state index contributed by atoms with van der Waals surface area (Å²) >= 11 is 0. The number of hydrogen-bond donors (Lipinski definition) is 1. The number of hydrogen-bond acceptors (Lipinski definition) is 3. The Labute approximate surface area is 78.7 Å². The van der Waals surface area contributed by atoms with Gasteiger partial charge in [-0.1, -0.05) is 20.4 Å². The number of rotatable bonds is 2. The van der Waals surface area contributed by atoms with Gasteiger partial charge in [0.25, 0.3) is 0 Å². The highest BCUT2D eigenvalue weighted by atomic mass is 15.0. The molecule has 3 nitrogen and oxygen atoms in total. The van der Waals surface area contributed by atoms with Gasteiger partial charge in [-0.2, -0.15) is 0 Å². The average molecular weight is 177 g/mol. The molecular formula is C10H15N3. The molecule has 1 heterocycles. The molecule has 13 heavy (non-hydrogen) atoms. The minimum Gasteiger partial charge on any atom is -0.368 e. The van der Waals surface area contributed by atoms with Crippen molar-refractivity contribution in [3.8, 4) is 0 Å². The van der Waals surface area contributed by atoms with Crippen molar-refractivity contribution in [3.05, 3.63) is 24.0 Å². The van der Waals surface area contributed by atoms with Crippen LogP contribution in [0.2, 0.25) is 0 Å². The molecule has 70 valence electrons. The van der Waals surface area contributed by atoms with Crippen molar-refractivity contribution < 1.29 is 0 Å². The van der Waals surface area contributed by atoms with Gasteiger partial charge in [-0.15, -0.1) is 0 Å². The largest absolute Gasteiger partial charge is 0.368 e. The molecule has 0 saturated carbocycles. The summed E-state index contributed by atoms with van der Waals surface area (Å²) in [5.74, 6) is 0.703. The van der Waals surface area contributed by atoms with Gasteiger partial charge in [-0.25, -0.2) is 9.97 Å². The second kappa shape index (κ2) is 3.56. The van der Waals surface area contributed by atoms with Crippen LogP contribution in [0.5, 0.6) is 0 Å². The molecule has 1 aromatic rings. The van der Waals surface area contributed by atoms with Crippen LogP contribution in [0.1, 0.15) is 37.9 Å². The molecule has 0 fully saturated rings. The molecule has 0 saturated heterocycles. The van der Waals surface area contributed by atoms with Crippen molar-refractivity contribution in [1.29, 1.82) is 0 Å². The monoisotopic (exact) mass is 177 g/mol. The molecule has 3 heteroatoms. The zero-order valence-corrected chi connectivity index (χ0v) is 8.33. The standard InChI is InChI=1S/C10H15N3/c1-6(2)8-5-12-10(11)13-9(8)7(3)4/h5-6H,3H2,1-2,4H3,(H2,11,12,13). The van der Waals surface area contributed by atoms with Crippen LogP contribution in [0, 0.1) is 0 Å². The fraction of sp³-hybridized carbons (Fsp3) is 0.400. The van der Waals surface area contributed by atoms with E-state index in [1.165, 1.54) is 0 Å². The number of anilines is 1. The zero-order valence-electron chi connectivity index (χ0n) is 8.33. The van der Waals surface area contributed by atoms with E-state index in [0.29, 0.717) is 11.9 Å². The smallest absolute Gasteiger partial charge is 0.220 e. The summed E-state index contributed by atoms with van der Waals surface area (Å²) < 4.78 is 0. The summed E-state index contributed by atoms with van der Waals surface area (Å²) in [6, 6.07) is 0. The first-order chi connectivity index (χ1) is 6.02. The first-order valence-electron chi connectivity index (χ1n) is 4.30. The second-order valence-electron chi connectivity index (χ2n) is 3.47. The molecule has 0 amide bonds. The zero-order chi connectivity index (χ0) is 10.0. The third kappa shape index (κ3) is 2.05. The maximum Gasteiger partial charge on any atom is 0.220 e. The topological polar surface area (TPSA) is 51.8 Å². The highest BCUT2D eigenvalue weighted by Crippen LogP contribution is 2.22. The normalized spacial score (nSPS) is 10.5. The summed E-state index contributed by atoms with van der Waals surface area (Å²) in [5, 5.41) is 0. The molecule has 0 aliphatic rings. The summed E-state index contributed by atoms with van der Waals surface area (Å²) in [4.78, 5) is 8.13. The molecule has 0 aliphatic heterocycles. The molecule has 2 N–H and O–H groups in total. The van der Waals surface area contributed by atoms with Crippen molar-refractivity contribution in [2.24, 2.45) is 0 Å². The minimum absolute atomic E-state index is 0.308. The molecule has 0 aromatic carbocycles. The Morgan fingerprint density at radius 2 is 2.15 bits per heavy atom. The summed E-state index contributed by atoms with van der Waals surface area (Å²) in [7, 11) is 0. The second-order valence-corrected chi connectivity index (χ2v) is 3.47. The molecule has 0 unspecified atom stereocenters. The average Bonchev–Trinajstić information content (AvgIpc) is 2.03. The highest BCUT2D eigenvalue weighted by molar-refractivity contribution is 5.62. The van der Waals surface area contributed by atoms with Gasteiger partial charge < -0.3 is 5.73 Å². The van der Waals surface area contributed by atoms with E-state index in [1.54, 1.807) is 6.20 Å². The van der Waals surface area contributed by atoms with E-state index >= 15 is 0 Å². The number of nitrogen functional groups attached to an aromatic ring is 1.